The van der Waals surface area contributed by atoms with Gasteiger partial charge < -0.3 is 14.6 Å². The number of hydrogen-bond acceptors (Lipinski definition) is 5. The smallest absolute Gasteiger partial charge is 0.349 e. The fraction of sp³-hybridized carbons (Fsp3) is 0.143. The molecular formula is C14H9F5O5. The number of allylic oxidation sites excluding steroid dienone is 1. The molecule has 0 unspecified atom stereocenters. The third kappa shape index (κ3) is 3.53. The van der Waals surface area contributed by atoms with Crippen molar-refractivity contribution in [1.82, 2.24) is 0 Å². The highest BCUT2D eigenvalue weighted by Gasteiger charge is 2.26. The fourth-order valence-electron chi connectivity index (χ4n) is 1.51. The van der Waals surface area contributed by atoms with Crippen LogP contribution >= 0.6 is 0 Å². The Balaban J connectivity index is 3.46. The van der Waals surface area contributed by atoms with Crippen molar-refractivity contribution in [1.29, 1.82) is 0 Å². The van der Waals surface area contributed by atoms with Crippen molar-refractivity contribution < 1.29 is 46.1 Å². The molecule has 0 aliphatic carbocycles. The monoisotopic (exact) mass is 352 g/mol. The standard InChI is InChI=1S/C14H9F5O5/c1-23-13(21)7(14(22)24-2)6(20)4-3-5-8(15)10(17)12(19)11(18)9(5)16/h3-4,20H,1-2H3/b4-3+. The Labute approximate surface area is 131 Å². The van der Waals surface area contributed by atoms with Crippen LogP contribution < -0.4 is 0 Å². The number of hydrogen-bond donors (Lipinski definition) is 1. The lowest BCUT2D eigenvalue weighted by molar-refractivity contribution is -0.144. The van der Waals surface area contributed by atoms with Gasteiger partial charge >= 0.3 is 11.9 Å². The van der Waals surface area contributed by atoms with Crippen LogP contribution in [0.25, 0.3) is 6.08 Å². The molecule has 0 saturated heterocycles. The van der Waals surface area contributed by atoms with Crippen molar-refractivity contribution in [3.8, 4) is 0 Å². The van der Waals surface area contributed by atoms with Gasteiger partial charge in [0.2, 0.25) is 5.82 Å². The van der Waals surface area contributed by atoms with E-state index < -0.39 is 57.9 Å². The molecule has 0 radical (unpaired) electrons. The van der Waals surface area contributed by atoms with Gasteiger partial charge in [-0.3, -0.25) is 0 Å². The Hall–Kier alpha value is -2.91. The first-order valence-corrected chi connectivity index (χ1v) is 5.96. The Morgan fingerprint density at radius 3 is 1.58 bits per heavy atom. The number of ether oxygens (including phenoxy) is 2. The maximum atomic E-state index is 13.5. The van der Waals surface area contributed by atoms with Crippen LogP contribution in [0.2, 0.25) is 0 Å². The Morgan fingerprint density at radius 1 is 0.833 bits per heavy atom. The Kier molecular flexibility index (Phi) is 6.04. The van der Waals surface area contributed by atoms with Crippen molar-refractivity contribution in [3.05, 3.63) is 52.1 Å². The zero-order valence-electron chi connectivity index (χ0n) is 12.1. The van der Waals surface area contributed by atoms with Crippen LogP contribution in [0.3, 0.4) is 0 Å². The van der Waals surface area contributed by atoms with Crippen molar-refractivity contribution in [3.63, 3.8) is 0 Å². The van der Waals surface area contributed by atoms with Crippen LogP contribution in [0.15, 0.2) is 17.4 Å². The SMILES string of the molecule is COC(=O)C(C(=O)OC)=C(O)/C=C/c1c(F)c(F)c(F)c(F)c1F. The van der Waals surface area contributed by atoms with Gasteiger partial charge in [0.15, 0.2) is 28.8 Å². The number of methoxy groups -OCH3 is 2. The van der Waals surface area contributed by atoms with Crippen molar-refractivity contribution in [2.75, 3.05) is 14.2 Å². The van der Waals surface area contributed by atoms with Gasteiger partial charge in [-0.25, -0.2) is 31.5 Å². The second-order valence-corrected chi connectivity index (χ2v) is 4.06. The first-order chi connectivity index (χ1) is 11.2. The largest absolute Gasteiger partial charge is 0.507 e. The average Bonchev–Trinajstić information content (AvgIpc) is 2.57. The minimum atomic E-state index is -2.35. The van der Waals surface area contributed by atoms with E-state index in [1.165, 1.54) is 0 Å². The summed E-state index contributed by atoms with van der Waals surface area (Å²) in [5.41, 5.74) is -2.42. The Morgan fingerprint density at radius 2 is 1.21 bits per heavy atom. The lowest BCUT2D eigenvalue weighted by Crippen LogP contribution is -2.18. The van der Waals surface area contributed by atoms with E-state index in [-0.39, 0.29) is 6.08 Å². The lowest BCUT2D eigenvalue weighted by atomic mass is 10.1. The normalized spacial score (nSPS) is 10.6. The van der Waals surface area contributed by atoms with Crippen LogP contribution in [0.5, 0.6) is 0 Å². The van der Waals surface area contributed by atoms with Crippen LogP contribution in [-0.4, -0.2) is 31.3 Å². The van der Waals surface area contributed by atoms with Crippen LogP contribution in [0.1, 0.15) is 5.56 Å². The van der Waals surface area contributed by atoms with Gasteiger partial charge in [-0.05, 0) is 12.2 Å². The van der Waals surface area contributed by atoms with Gasteiger partial charge in [-0.15, -0.1) is 0 Å². The number of halogens is 5. The number of carbonyl (C=O) groups is 2. The van der Waals surface area contributed by atoms with E-state index in [0.717, 1.165) is 14.2 Å². The van der Waals surface area contributed by atoms with E-state index in [9.17, 15) is 36.6 Å². The summed E-state index contributed by atoms with van der Waals surface area (Å²) >= 11 is 0. The van der Waals surface area contributed by atoms with Gasteiger partial charge in [0.25, 0.3) is 0 Å². The Bertz CT molecular complexity index is 707. The molecule has 0 heterocycles. The minimum Gasteiger partial charge on any atom is -0.507 e. The molecule has 1 aromatic carbocycles. The molecular weight excluding hydrogens is 343 g/mol. The first-order valence-electron chi connectivity index (χ1n) is 5.96. The van der Waals surface area contributed by atoms with E-state index in [1.54, 1.807) is 0 Å². The average molecular weight is 352 g/mol. The third-order valence-corrected chi connectivity index (χ3v) is 2.69. The summed E-state index contributed by atoms with van der Waals surface area (Å²) < 4.78 is 74.3. The summed E-state index contributed by atoms with van der Waals surface area (Å²) in [6, 6.07) is 0. The highest BCUT2D eigenvalue weighted by molar-refractivity contribution is 6.14. The summed E-state index contributed by atoms with van der Waals surface area (Å²) in [7, 11) is 1.73. The van der Waals surface area contributed by atoms with Gasteiger partial charge in [0.1, 0.15) is 5.76 Å². The molecule has 10 heteroatoms. The van der Waals surface area contributed by atoms with Crippen molar-refractivity contribution in [2.45, 2.75) is 0 Å². The topological polar surface area (TPSA) is 72.8 Å². The molecule has 0 spiro atoms. The highest BCUT2D eigenvalue weighted by Crippen LogP contribution is 2.24. The van der Waals surface area contributed by atoms with Crippen LogP contribution in [0.4, 0.5) is 22.0 Å². The second kappa shape index (κ2) is 7.57. The van der Waals surface area contributed by atoms with E-state index in [0.29, 0.717) is 6.08 Å². The van der Waals surface area contributed by atoms with E-state index in [1.807, 2.05) is 0 Å². The van der Waals surface area contributed by atoms with E-state index in [4.69, 9.17) is 0 Å². The molecule has 130 valence electrons. The summed E-state index contributed by atoms with van der Waals surface area (Å²) in [4.78, 5) is 22.7. The van der Waals surface area contributed by atoms with Gasteiger partial charge in [0, 0.05) is 0 Å². The molecule has 0 fully saturated rings. The predicted octanol–water partition coefficient (Wildman–Crippen LogP) is 2.55. The number of aliphatic hydroxyl groups excluding tert-OH is 1. The molecule has 0 amide bonds. The summed E-state index contributed by atoms with van der Waals surface area (Å²) in [6.07, 6.45) is 0.666. The number of aliphatic hydroxyl groups is 1. The summed E-state index contributed by atoms with van der Waals surface area (Å²) in [5.74, 6) is -14.9. The minimum absolute atomic E-state index is 0.289. The molecule has 0 aromatic heterocycles. The molecule has 0 aliphatic heterocycles. The third-order valence-electron chi connectivity index (χ3n) is 2.69. The highest BCUT2D eigenvalue weighted by atomic mass is 19.2. The molecule has 0 bridgehead atoms. The molecule has 0 aliphatic rings. The van der Waals surface area contributed by atoms with Crippen LogP contribution in [0, 0.1) is 29.1 Å². The molecule has 1 aromatic rings. The molecule has 1 rings (SSSR count). The maximum Gasteiger partial charge on any atom is 0.349 e. The summed E-state index contributed by atoms with van der Waals surface area (Å²) in [6.45, 7) is 0. The van der Waals surface area contributed by atoms with Crippen molar-refractivity contribution >= 4 is 18.0 Å². The number of rotatable bonds is 4. The predicted molar refractivity (Wildman–Crippen MR) is 69.0 cm³/mol. The second-order valence-electron chi connectivity index (χ2n) is 4.06. The zero-order valence-corrected chi connectivity index (χ0v) is 12.1. The van der Waals surface area contributed by atoms with Gasteiger partial charge in [-0.2, -0.15) is 0 Å². The number of benzene rings is 1. The zero-order chi connectivity index (χ0) is 18.6. The quantitative estimate of drug-likeness (QED) is 0.104. The summed E-state index contributed by atoms with van der Waals surface area (Å²) in [5, 5.41) is 9.63. The lowest BCUT2D eigenvalue weighted by Gasteiger charge is -2.06. The maximum absolute atomic E-state index is 13.5. The molecule has 1 N–H and O–H groups in total. The first kappa shape index (κ1) is 19.1. The van der Waals surface area contributed by atoms with Gasteiger partial charge in [0.05, 0.1) is 19.8 Å². The number of carbonyl (C=O) groups excluding carboxylic acids is 2. The number of esters is 2. The van der Waals surface area contributed by atoms with E-state index in [2.05, 4.69) is 9.47 Å². The fourth-order valence-corrected chi connectivity index (χ4v) is 1.51. The molecule has 24 heavy (non-hydrogen) atoms. The molecule has 0 atom stereocenters. The van der Waals surface area contributed by atoms with E-state index >= 15 is 0 Å². The van der Waals surface area contributed by atoms with Gasteiger partial charge in [-0.1, -0.05) is 0 Å². The molecule has 0 saturated carbocycles. The van der Waals surface area contributed by atoms with Crippen LogP contribution in [-0.2, 0) is 19.1 Å². The molecule has 5 nitrogen and oxygen atoms in total. The van der Waals surface area contributed by atoms with Crippen molar-refractivity contribution in [2.24, 2.45) is 0 Å².